The summed E-state index contributed by atoms with van der Waals surface area (Å²) in [6.07, 6.45) is -5.02. The standard InChI is InChI=1S/C24H16B2ClF4N3O9/c25-24(26,40)43-18-5-11(28)1-2-16(18)42-17-8-14(23(29,30)31)15(27)7-13(17)22(39)33-12-6-19(35)34(32-9-12)10-41-21(38)4-3-20(36)37/h1-2,5-9,40H,3-4,10H2,(H,33,39)(H,36,37). The van der Waals surface area contributed by atoms with Crippen molar-refractivity contribution >= 4 is 50.8 Å². The molecular weight excluding hydrogens is 607 g/mol. The lowest BCUT2D eigenvalue weighted by Gasteiger charge is -2.23. The zero-order valence-electron chi connectivity index (χ0n) is 21.4. The van der Waals surface area contributed by atoms with Crippen LogP contribution in [0.5, 0.6) is 17.2 Å². The number of hydrogen-bond acceptors (Lipinski definition) is 9. The minimum Gasteiger partial charge on any atom is -0.481 e. The highest BCUT2D eigenvalue weighted by Gasteiger charge is 2.35. The second-order valence-electron chi connectivity index (χ2n) is 8.45. The average Bonchev–Trinajstić information content (AvgIpc) is 2.87. The number of carboxylic acid groups (broad SMARTS) is 1. The summed E-state index contributed by atoms with van der Waals surface area (Å²) < 4.78 is 70.2. The molecule has 4 radical (unpaired) electrons. The maximum absolute atomic E-state index is 13.8. The molecule has 19 heteroatoms. The fourth-order valence-corrected chi connectivity index (χ4v) is 3.46. The average molecular weight is 623 g/mol. The molecule has 0 aliphatic carbocycles. The smallest absolute Gasteiger partial charge is 0.417 e. The summed E-state index contributed by atoms with van der Waals surface area (Å²) in [4.78, 5) is 47.5. The number of rotatable bonds is 11. The fourth-order valence-electron chi connectivity index (χ4n) is 3.18. The summed E-state index contributed by atoms with van der Waals surface area (Å²) in [6, 6.07) is 4.17. The Morgan fingerprint density at radius 2 is 1.74 bits per heavy atom. The van der Waals surface area contributed by atoms with E-state index in [9.17, 15) is 41.8 Å². The Hall–Kier alpha value is -4.57. The number of halogens is 5. The monoisotopic (exact) mass is 623 g/mol. The number of esters is 1. The second-order valence-corrected chi connectivity index (χ2v) is 8.86. The van der Waals surface area contributed by atoms with E-state index in [4.69, 9.17) is 46.6 Å². The van der Waals surface area contributed by atoms with E-state index in [-0.39, 0.29) is 5.69 Å². The van der Waals surface area contributed by atoms with Gasteiger partial charge in [0.25, 0.3) is 11.5 Å². The Morgan fingerprint density at radius 3 is 2.35 bits per heavy atom. The van der Waals surface area contributed by atoms with E-state index in [0.717, 1.165) is 24.4 Å². The van der Waals surface area contributed by atoms with Crippen molar-refractivity contribution in [1.82, 2.24) is 9.78 Å². The summed E-state index contributed by atoms with van der Waals surface area (Å²) in [7, 11) is 10.3. The lowest BCUT2D eigenvalue weighted by atomic mass is 9.76. The van der Waals surface area contributed by atoms with Crippen molar-refractivity contribution in [3.05, 3.63) is 74.9 Å². The third kappa shape index (κ3) is 9.47. The number of hydrogen-bond donors (Lipinski definition) is 3. The number of nitrogens with one attached hydrogen (secondary N) is 1. The third-order valence-electron chi connectivity index (χ3n) is 5.04. The van der Waals surface area contributed by atoms with Gasteiger partial charge in [0.1, 0.15) is 17.2 Å². The SMILES string of the molecule is [B]C([B])(O)Oc1cc(F)ccc1Oc1cc(C(F)(F)F)c(Cl)cc1C(=O)Nc1cnn(COC(=O)CCC(=O)O)c(=O)c1. The van der Waals surface area contributed by atoms with Gasteiger partial charge < -0.3 is 29.7 Å². The van der Waals surface area contributed by atoms with E-state index in [2.05, 4.69) is 10.4 Å². The van der Waals surface area contributed by atoms with Crippen LogP contribution in [0.2, 0.25) is 5.02 Å². The van der Waals surface area contributed by atoms with Crippen LogP contribution in [0.15, 0.2) is 47.4 Å². The van der Waals surface area contributed by atoms with E-state index in [0.29, 0.717) is 22.9 Å². The number of anilines is 1. The highest BCUT2D eigenvalue weighted by Crippen LogP contribution is 2.41. The van der Waals surface area contributed by atoms with Crippen LogP contribution >= 0.6 is 11.6 Å². The molecule has 0 aliphatic heterocycles. The number of carboxylic acids is 1. The van der Waals surface area contributed by atoms with Crippen molar-refractivity contribution in [2.45, 2.75) is 31.3 Å². The minimum absolute atomic E-state index is 0.257. The van der Waals surface area contributed by atoms with Gasteiger partial charge in [-0.05, 0) is 24.3 Å². The second kappa shape index (κ2) is 13.2. The lowest BCUT2D eigenvalue weighted by molar-refractivity contribution is -0.151. The van der Waals surface area contributed by atoms with E-state index < -0.39 is 94.0 Å². The highest BCUT2D eigenvalue weighted by molar-refractivity contribution is 6.37. The molecule has 3 rings (SSSR count). The van der Waals surface area contributed by atoms with Crippen LogP contribution in [0, 0.1) is 5.82 Å². The molecule has 1 amide bonds. The molecule has 0 bridgehead atoms. The minimum atomic E-state index is -5.01. The zero-order valence-corrected chi connectivity index (χ0v) is 22.1. The topological polar surface area (TPSA) is 166 Å². The number of carbonyl (C=O) groups excluding carboxylic acids is 2. The Kier molecular flexibility index (Phi) is 10.1. The van der Waals surface area contributed by atoms with Gasteiger partial charge in [-0.1, -0.05) is 11.6 Å². The van der Waals surface area contributed by atoms with Crippen molar-refractivity contribution in [3.63, 3.8) is 0 Å². The zero-order chi connectivity index (χ0) is 32.1. The molecular formula is C24H16B2ClF4N3O9. The first-order valence-electron chi connectivity index (χ1n) is 11.6. The Morgan fingerprint density at radius 1 is 1.05 bits per heavy atom. The number of aromatic nitrogens is 2. The van der Waals surface area contributed by atoms with E-state index >= 15 is 0 Å². The number of amides is 1. The Balaban J connectivity index is 1.91. The molecule has 1 aromatic heterocycles. The number of carbonyl (C=O) groups is 3. The molecule has 3 N–H and O–H groups in total. The van der Waals surface area contributed by atoms with Crippen molar-refractivity contribution in [3.8, 4) is 17.2 Å². The van der Waals surface area contributed by atoms with Gasteiger partial charge in [0, 0.05) is 12.1 Å². The number of aliphatic hydroxyl groups is 1. The van der Waals surface area contributed by atoms with Gasteiger partial charge in [0.05, 0.1) is 40.9 Å². The molecule has 43 heavy (non-hydrogen) atoms. The first-order chi connectivity index (χ1) is 19.9. The van der Waals surface area contributed by atoms with Gasteiger partial charge >= 0.3 is 18.1 Å². The molecule has 0 saturated heterocycles. The normalized spacial score (nSPS) is 11.5. The van der Waals surface area contributed by atoms with E-state index in [1.165, 1.54) is 0 Å². The first kappa shape index (κ1) is 32.9. The molecule has 2 aromatic carbocycles. The van der Waals surface area contributed by atoms with Crippen LogP contribution < -0.4 is 20.3 Å². The lowest BCUT2D eigenvalue weighted by Crippen LogP contribution is -2.36. The molecule has 0 unspecified atom stereocenters. The number of nitrogens with zero attached hydrogens (tertiary/aromatic N) is 2. The third-order valence-corrected chi connectivity index (χ3v) is 5.35. The number of alkyl halides is 3. The summed E-state index contributed by atoms with van der Waals surface area (Å²) >= 11 is 5.79. The Labute approximate surface area is 245 Å². The molecule has 0 fully saturated rings. The Bertz CT molecular complexity index is 1610. The van der Waals surface area contributed by atoms with Gasteiger partial charge in [-0.2, -0.15) is 23.0 Å². The largest absolute Gasteiger partial charge is 0.481 e. The molecule has 0 aliphatic rings. The van der Waals surface area contributed by atoms with Crippen LogP contribution in [-0.4, -0.2) is 59.1 Å². The number of benzene rings is 2. The molecule has 222 valence electrons. The highest BCUT2D eigenvalue weighted by atomic mass is 35.5. The number of ether oxygens (including phenoxy) is 3. The molecule has 12 nitrogen and oxygen atoms in total. The predicted octanol–water partition coefficient (Wildman–Crippen LogP) is 2.78. The van der Waals surface area contributed by atoms with Gasteiger partial charge in [0.2, 0.25) is 0 Å². The molecule has 3 aromatic rings. The van der Waals surface area contributed by atoms with Crippen LogP contribution in [-0.2, 0) is 27.2 Å². The van der Waals surface area contributed by atoms with Crippen molar-refractivity contribution in [2.24, 2.45) is 0 Å². The summed E-state index contributed by atoms with van der Waals surface area (Å²) in [5, 5.41) is 23.1. The number of aliphatic carboxylic acids is 1. The summed E-state index contributed by atoms with van der Waals surface area (Å²) in [5.74, 6) is -6.20. The molecule has 0 spiro atoms. The maximum Gasteiger partial charge on any atom is 0.417 e. The molecule has 0 atom stereocenters. The summed E-state index contributed by atoms with van der Waals surface area (Å²) in [5.41, 5.74) is -6.03. The van der Waals surface area contributed by atoms with E-state index in [1.807, 2.05) is 0 Å². The van der Waals surface area contributed by atoms with Gasteiger partial charge in [0.15, 0.2) is 33.9 Å². The van der Waals surface area contributed by atoms with Crippen LogP contribution in [0.1, 0.15) is 28.8 Å². The predicted molar refractivity (Wildman–Crippen MR) is 139 cm³/mol. The quantitative estimate of drug-likeness (QED) is 0.125. The van der Waals surface area contributed by atoms with Crippen molar-refractivity contribution in [1.29, 1.82) is 0 Å². The molecule has 0 saturated carbocycles. The van der Waals surface area contributed by atoms with Gasteiger partial charge in [-0.15, -0.1) is 0 Å². The van der Waals surface area contributed by atoms with Crippen LogP contribution in [0.3, 0.4) is 0 Å². The maximum atomic E-state index is 13.8. The first-order valence-corrected chi connectivity index (χ1v) is 11.9. The van der Waals surface area contributed by atoms with Crippen LogP contribution in [0.25, 0.3) is 0 Å². The summed E-state index contributed by atoms with van der Waals surface area (Å²) in [6.45, 7) is -0.680. The molecule has 1 heterocycles. The van der Waals surface area contributed by atoms with Crippen molar-refractivity contribution < 1.29 is 56.4 Å². The van der Waals surface area contributed by atoms with E-state index in [1.54, 1.807) is 0 Å². The van der Waals surface area contributed by atoms with Crippen molar-refractivity contribution in [2.75, 3.05) is 5.32 Å². The fraction of sp³-hybridized carbons (Fsp3) is 0.208. The van der Waals surface area contributed by atoms with Gasteiger partial charge in [-0.3, -0.25) is 19.2 Å². The van der Waals surface area contributed by atoms with Gasteiger partial charge in [-0.25, -0.2) is 4.39 Å². The van der Waals surface area contributed by atoms with Crippen LogP contribution in [0.4, 0.5) is 23.2 Å².